The molecule has 1 aromatic carbocycles. The molecule has 1 saturated heterocycles. The van der Waals surface area contributed by atoms with Gasteiger partial charge in [0.25, 0.3) is 11.6 Å². The Morgan fingerprint density at radius 2 is 2.28 bits per heavy atom. The van der Waals surface area contributed by atoms with Crippen LogP contribution in [0.15, 0.2) is 18.2 Å². The summed E-state index contributed by atoms with van der Waals surface area (Å²) in [5.74, 6) is -0.389. The molecule has 0 aromatic heterocycles. The summed E-state index contributed by atoms with van der Waals surface area (Å²) in [6.07, 6.45) is -0.0235. The van der Waals surface area contributed by atoms with E-state index in [9.17, 15) is 20.0 Å². The van der Waals surface area contributed by atoms with Gasteiger partial charge < -0.3 is 10.0 Å². The molecule has 1 amide bonds. The maximum absolute atomic E-state index is 12.1. The number of β-amino-alcohol motifs (C(OH)–C–C–N with tert-alkyl or cyclic N) is 1. The Morgan fingerprint density at radius 1 is 1.56 bits per heavy atom. The third-order valence-electron chi connectivity index (χ3n) is 2.84. The lowest BCUT2D eigenvalue weighted by molar-refractivity contribution is -0.384. The second-order valence-corrected chi connectivity index (χ2v) is 4.52. The fourth-order valence-electron chi connectivity index (χ4n) is 1.89. The van der Waals surface area contributed by atoms with Gasteiger partial charge in [-0.3, -0.25) is 14.9 Å². The van der Waals surface area contributed by atoms with Crippen LogP contribution in [0.2, 0.25) is 5.02 Å². The summed E-state index contributed by atoms with van der Waals surface area (Å²) in [5.41, 5.74) is -0.0811. The van der Waals surface area contributed by atoms with E-state index in [4.69, 9.17) is 11.6 Å². The highest BCUT2D eigenvalue weighted by Crippen LogP contribution is 2.24. The lowest BCUT2D eigenvalue weighted by Gasteiger charge is -2.16. The average Bonchev–Trinajstić information content (AvgIpc) is 2.75. The minimum atomic E-state index is -0.577. The summed E-state index contributed by atoms with van der Waals surface area (Å²) >= 11 is 5.88. The molecule has 0 radical (unpaired) electrons. The van der Waals surface area contributed by atoms with Gasteiger partial charge in [-0.15, -0.1) is 0 Å². The van der Waals surface area contributed by atoms with Gasteiger partial charge in [0.2, 0.25) is 0 Å². The first kappa shape index (κ1) is 12.8. The smallest absolute Gasteiger partial charge is 0.270 e. The van der Waals surface area contributed by atoms with Crippen molar-refractivity contribution in [2.75, 3.05) is 13.1 Å². The topological polar surface area (TPSA) is 83.7 Å². The van der Waals surface area contributed by atoms with Crippen LogP contribution in [0, 0.1) is 10.1 Å². The van der Waals surface area contributed by atoms with Crippen LogP contribution in [0.3, 0.4) is 0 Å². The fourth-order valence-corrected chi connectivity index (χ4v) is 2.09. The van der Waals surface area contributed by atoms with Crippen LogP contribution in [-0.2, 0) is 0 Å². The van der Waals surface area contributed by atoms with Crippen molar-refractivity contribution in [3.8, 4) is 0 Å². The zero-order valence-electron chi connectivity index (χ0n) is 9.38. The first-order valence-electron chi connectivity index (χ1n) is 5.40. The largest absolute Gasteiger partial charge is 0.391 e. The van der Waals surface area contributed by atoms with Crippen molar-refractivity contribution in [2.45, 2.75) is 12.5 Å². The maximum Gasteiger partial charge on any atom is 0.270 e. The molecule has 0 bridgehead atoms. The number of aliphatic hydroxyl groups excluding tert-OH is 1. The number of aliphatic hydroxyl groups is 1. The number of hydrogen-bond donors (Lipinski definition) is 1. The number of amides is 1. The zero-order valence-corrected chi connectivity index (χ0v) is 10.1. The lowest BCUT2D eigenvalue weighted by atomic mass is 10.2. The minimum absolute atomic E-state index is 0.0972. The number of rotatable bonds is 2. The second kappa shape index (κ2) is 4.91. The van der Waals surface area contributed by atoms with E-state index < -0.39 is 11.0 Å². The highest BCUT2D eigenvalue weighted by Gasteiger charge is 2.27. The van der Waals surface area contributed by atoms with Crippen molar-refractivity contribution in [1.29, 1.82) is 0 Å². The summed E-state index contributed by atoms with van der Waals surface area (Å²) < 4.78 is 0. The third-order valence-corrected chi connectivity index (χ3v) is 3.17. The summed E-state index contributed by atoms with van der Waals surface area (Å²) in [4.78, 5) is 23.6. The molecule has 0 aliphatic carbocycles. The lowest BCUT2D eigenvalue weighted by Crippen LogP contribution is -2.29. The van der Waals surface area contributed by atoms with Gasteiger partial charge in [0.05, 0.1) is 21.6 Å². The molecule has 0 spiro atoms. The molecule has 1 aliphatic heterocycles. The predicted molar refractivity (Wildman–Crippen MR) is 64.6 cm³/mol. The molecule has 96 valence electrons. The van der Waals surface area contributed by atoms with Gasteiger partial charge >= 0.3 is 0 Å². The van der Waals surface area contributed by atoms with Gasteiger partial charge in [-0.05, 0) is 12.5 Å². The number of likely N-dealkylation sites (tertiary alicyclic amines) is 1. The van der Waals surface area contributed by atoms with Crippen molar-refractivity contribution in [3.63, 3.8) is 0 Å². The minimum Gasteiger partial charge on any atom is -0.391 e. The van der Waals surface area contributed by atoms with Crippen molar-refractivity contribution in [1.82, 2.24) is 4.90 Å². The van der Waals surface area contributed by atoms with Crippen LogP contribution in [0.1, 0.15) is 16.8 Å². The van der Waals surface area contributed by atoms with Gasteiger partial charge in [-0.25, -0.2) is 0 Å². The van der Waals surface area contributed by atoms with Crippen LogP contribution in [0.5, 0.6) is 0 Å². The highest BCUT2D eigenvalue weighted by atomic mass is 35.5. The molecule has 1 atom stereocenters. The normalized spacial score (nSPS) is 19.0. The van der Waals surface area contributed by atoms with Crippen LogP contribution in [0.4, 0.5) is 5.69 Å². The first-order valence-corrected chi connectivity index (χ1v) is 5.78. The number of hydrogen-bond acceptors (Lipinski definition) is 4. The summed E-state index contributed by atoms with van der Waals surface area (Å²) in [6, 6.07) is 3.74. The van der Waals surface area contributed by atoms with Crippen molar-refractivity contribution < 1.29 is 14.8 Å². The first-order chi connectivity index (χ1) is 8.49. The molecule has 1 N–H and O–H groups in total. The summed E-state index contributed by atoms with van der Waals surface area (Å²) in [6.45, 7) is 0.664. The number of carbonyl (C=O) groups is 1. The summed E-state index contributed by atoms with van der Waals surface area (Å²) in [5, 5.41) is 20.2. The van der Waals surface area contributed by atoms with Gasteiger partial charge in [-0.2, -0.15) is 0 Å². The van der Waals surface area contributed by atoms with E-state index >= 15 is 0 Å². The molecule has 1 fully saturated rings. The van der Waals surface area contributed by atoms with Crippen LogP contribution in [-0.4, -0.2) is 40.0 Å². The van der Waals surface area contributed by atoms with Crippen LogP contribution >= 0.6 is 11.6 Å². The molecule has 1 heterocycles. The van der Waals surface area contributed by atoms with Gasteiger partial charge in [-0.1, -0.05) is 11.6 Å². The van der Waals surface area contributed by atoms with Gasteiger partial charge in [0.15, 0.2) is 0 Å². The van der Waals surface area contributed by atoms with Crippen molar-refractivity contribution >= 4 is 23.2 Å². The SMILES string of the molecule is O=C(c1cc([N+](=O)[O-])ccc1Cl)N1CC[C@H](O)C1. The Kier molecular flexibility index (Phi) is 3.49. The quantitative estimate of drug-likeness (QED) is 0.651. The van der Waals surface area contributed by atoms with E-state index in [-0.39, 0.29) is 28.7 Å². The molecule has 18 heavy (non-hydrogen) atoms. The van der Waals surface area contributed by atoms with Crippen molar-refractivity contribution in [2.24, 2.45) is 0 Å². The average molecular weight is 271 g/mol. The summed E-state index contributed by atoms with van der Waals surface area (Å²) in [7, 11) is 0. The monoisotopic (exact) mass is 270 g/mol. The van der Waals surface area contributed by atoms with Gasteiger partial charge in [0, 0.05) is 25.2 Å². The Balaban J connectivity index is 2.29. The number of halogens is 1. The molecular weight excluding hydrogens is 260 g/mol. The molecule has 2 rings (SSSR count). The molecule has 6 nitrogen and oxygen atoms in total. The molecule has 1 aromatic rings. The van der Waals surface area contributed by atoms with E-state index in [1.54, 1.807) is 0 Å². The number of carbonyl (C=O) groups excluding carboxylic acids is 1. The predicted octanol–water partition coefficient (Wildman–Crippen LogP) is 1.45. The Hall–Kier alpha value is -1.66. The van der Waals surface area contributed by atoms with Crippen LogP contribution in [0.25, 0.3) is 0 Å². The van der Waals surface area contributed by atoms with E-state index in [0.717, 1.165) is 6.07 Å². The number of nitrogens with zero attached hydrogens (tertiary/aromatic N) is 2. The fraction of sp³-hybridized carbons (Fsp3) is 0.364. The standard InChI is InChI=1S/C11H11ClN2O4/c12-10-2-1-7(14(17)18)5-9(10)11(16)13-4-3-8(15)6-13/h1-2,5,8,15H,3-4,6H2/t8-/m0/s1. The zero-order chi connectivity index (χ0) is 13.3. The van der Waals surface area contributed by atoms with E-state index in [1.807, 2.05) is 0 Å². The maximum atomic E-state index is 12.1. The Bertz CT molecular complexity index is 506. The second-order valence-electron chi connectivity index (χ2n) is 4.11. The Labute approximate surface area is 108 Å². The number of nitro benzene ring substituents is 1. The number of non-ortho nitro benzene ring substituents is 1. The van der Waals surface area contributed by atoms with E-state index in [2.05, 4.69) is 0 Å². The molecular formula is C11H11ClN2O4. The molecule has 7 heteroatoms. The van der Waals surface area contributed by atoms with Crippen molar-refractivity contribution in [3.05, 3.63) is 38.9 Å². The molecule has 1 aliphatic rings. The highest BCUT2D eigenvalue weighted by molar-refractivity contribution is 6.33. The number of benzene rings is 1. The third kappa shape index (κ3) is 2.44. The number of nitro groups is 1. The molecule has 0 saturated carbocycles. The van der Waals surface area contributed by atoms with Gasteiger partial charge in [0.1, 0.15) is 0 Å². The molecule has 0 unspecified atom stereocenters. The van der Waals surface area contributed by atoms with E-state index in [1.165, 1.54) is 17.0 Å². The van der Waals surface area contributed by atoms with Crippen LogP contribution < -0.4 is 0 Å². The van der Waals surface area contributed by atoms with E-state index in [0.29, 0.717) is 13.0 Å². The Morgan fingerprint density at radius 3 is 2.83 bits per heavy atom.